The second-order valence-electron chi connectivity index (χ2n) is 6.36. The first-order chi connectivity index (χ1) is 9.74. The summed E-state index contributed by atoms with van der Waals surface area (Å²) in [5.74, 6) is -0.843. The van der Waals surface area contributed by atoms with Crippen molar-refractivity contribution in [3.63, 3.8) is 0 Å². The van der Waals surface area contributed by atoms with E-state index in [9.17, 15) is 9.90 Å². The number of carboxylic acids is 1. The number of hydrogen-bond donors (Lipinski definition) is 2. The second kappa shape index (κ2) is 6.44. The van der Waals surface area contributed by atoms with Crippen molar-refractivity contribution < 1.29 is 15.0 Å². The molecule has 0 atom stereocenters. The summed E-state index contributed by atoms with van der Waals surface area (Å²) in [4.78, 5) is 17.1. The number of carboxylic acid groups (broad SMARTS) is 1. The van der Waals surface area contributed by atoms with Crippen LogP contribution in [0.4, 0.5) is 0 Å². The Bertz CT molecular complexity index is 500. The van der Waals surface area contributed by atoms with E-state index < -0.39 is 11.6 Å². The predicted octanol–water partition coefficient (Wildman–Crippen LogP) is 1.64. The summed E-state index contributed by atoms with van der Waals surface area (Å²) < 4.78 is 0. The molecule has 0 radical (unpaired) electrons. The van der Waals surface area contributed by atoms with Crippen LogP contribution in [0.1, 0.15) is 34.0 Å². The summed E-state index contributed by atoms with van der Waals surface area (Å²) in [5, 5.41) is 18.9. The fourth-order valence-corrected chi connectivity index (χ4v) is 3.55. The highest BCUT2D eigenvalue weighted by molar-refractivity contribution is 7.14. The lowest BCUT2D eigenvalue weighted by Gasteiger charge is -2.37. The molecule has 2 heterocycles. The largest absolute Gasteiger partial charge is 0.477 e. The van der Waals surface area contributed by atoms with Gasteiger partial charge in [-0.25, -0.2) is 4.79 Å². The minimum absolute atomic E-state index is 0.420. The number of aromatic carboxylic acids is 1. The molecule has 0 amide bonds. The molecule has 0 unspecified atom stereocenters. The van der Waals surface area contributed by atoms with Crippen LogP contribution in [-0.2, 0) is 6.54 Å². The van der Waals surface area contributed by atoms with Crippen molar-refractivity contribution in [2.75, 3.05) is 32.7 Å². The summed E-state index contributed by atoms with van der Waals surface area (Å²) in [6, 6.07) is 1.80. The number of piperazine rings is 1. The Labute approximate surface area is 129 Å². The van der Waals surface area contributed by atoms with Gasteiger partial charge in [0.05, 0.1) is 5.60 Å². The molecule has 1 aliphatic heterocycles. The number of aliphatic hydroxyl groups is 1. The second-order valence-corrected chi connectivity index (χ2v) is 7.62. The van der Waals surface area contributed by atoms with E-state index in [0.29, 0.717) is 11.4 Å². The standard InChI is InChI=1S/C15H24N2O3S/c1-11-12(8-13(21-11)14(18)19)9-16-4-6-17(7-5-16)10-15(2,3)20/h8,20H,4-7,9-10H2,1-3H3,(H,18,19). The third kappa shape index (κ3) is 4.78. The monoisotopic (exact) mass is 312 g/mol. The van der Waals surface area contributed by atoms with Crippen LogP contribution in [0.25, 0.3) is 0 Å². The zero-order valence-corrected chi connectivity index (χ0v) is 13.7. The van der Waals surface area contributed by atoms with Crippen LogP contribution >= 0.6 is 11.3 Å². The minimum Gasteiger partial charge on any atom is -0.477 e. The predicted molar refractivity (Wildman–Crippen MR) is 84.0 cm³/mol. The maximum absolute atomic E-state index is 11.0. The Morgan fingerprint density at radius 2 is 1.86 bits per heavy atom. The van der Waals surface area contributed by atoms with Gasteiger partial charge in [0.15, 0.2) is 0 Å². The molecule has 118 valence electrons. The quantitative estimate of drug-likeness (QED) is 0.865. The smallest absolute Gasteiger partial charge is 0.345 e. The Morgan fingerprint density at radius 3 is 2.33 bits per heavy atom. The fraction of sp³-hybridized carbons (Fsp3) is 0.667. The highest BCUT2D eigenvalue weighted by Crippen LogP contribution is 2.23. The Balaban J connectivity index is 1.87. The van der Waals surface area contributed by atoms with Crippen molar-refractivity contribution in [3.8, 4) is 0 Å². The summed E-state index contributed by atoms with van der Waals surface area (Å²) in [5.41, 5.74) is 0.469. The van der Waals surface area contributed by atoms with Crippen LogP contribution in [0, 0.1) is 6.92 Å². The van der Waals surface area contributed by atoms with Crippen LogP contribution in [0.15, 0.2) is 6.07 Å². The van der Waals surface area contributed by atoms with Crippen molar-refractivity contribution in [2.24, 2.45) is 0 Å². The molecule has 0 bridgehead atoms. The number of carbonyl (C=O) groups is 1. The van der Waals surface area contributed by atoms with Crippen molar-refractivity contribution >= 4 is 17.3 Å². The van der Waals surface area contributed by atoms with Crippen molar-refractivity contribution in [3.05, 3.63) is 21.4 Å². The SMILES string of the molecule is Cc1sc(C(=O)O)cc1CN1CCN(CC(C)(C)O)CC1. The van der Waals surface area contributed by atoms with E-state index in [4.69, 9.17) is 5.11 Å². The maximum atomic E-state index is 11.0. The van der Waals surface area contributed by atoms with E-state index in [1.54, 1.807) is 6.07 Å². The summed E-state index contributed by atoms with van der Waals surface area (Å²) in [7, 11) is 0. The third-order valence-electron chi connectivity index (χ3n) is 3.70. The van der Waals surface area contributed by atoms with Crippen LogP contribution in [0.3, 0.4) is 0 Å². The Kier molecular flexibility index (Phi) is 5.03. The molecule has 21 heavy (non-hydrogen) atoms. The van der Waals surface area contributed by atoms with Gasteiger partial charge in [-0.1, -0.05) is 0 Å². The molecular formula is C15H24N2O3S. The van der Waals surface area contributed by atoms with E-state index in [1.807, 2.05) is 20.8 Å². The molecule has 1 aromatic rings. The first-order valence-electron chi connectivity index (χ1n) is 7.24. The van der Waals surface area contributed by atoms with Gasteiger partial charge >= 0.3 is 5.97 Å². The highest BCUT2D eigenvalue weighted by Gasteiger charge is 2.23. The van der Waals surface area contributed by atoms with Gasteiger partial charge < -0.3 is 10.2 Å². The van der Waals surface area contributed by atoms with E-state index in [0.717, 1.165) is 43.2 Å². The number of thiophene rings is 1. The molecule has 0 aromatic carbocycles. The van der Waals surface area contributed by atoms with Gasteiger partial charge in [-0.05, 0) is 32.4 Å². The van der Waals surface area contributed by atoms with Crippen molar-refractivity contribution in [1.29, 1.82) is 0 Å². The molecule has 1 aliphatic rings. The van der Waals surface area contributed by atoms with E-state index >= 15 is 0 Å². The Hall–Kier alpha value is -0.950. The number of rotatable bonds is 5. The van der Waals surface area contributed by atoms with Crippen LogP contribution < -0.4 is 0 Å². The number of β-amino-alcohol motifs (C(OH)–C–C–N with tert-alkyl or cyclic N) is 1. The zero-order valence-electron chi connectivity index (χ0n) is 12.9. The lowest BCUT2D eigenvalue weighted by molar-refractivity contribution is 0.0167. The molecule has 2 rings (SSSR count). The van der Waals surface area contributed by atoms with E-state index in [2.05, 4.69) is 9.80 Å². The van der Waals surface area contributed by atoms with Crippen LogP contribution in [0.5, 0.6) is 0 Å². The lowest BCUT2D eigenvalue weighted by Crippen LogP contribution is -2.50. The topological polar surface area (TPSA) is 64.0 Å². The lowest BCUT2D eigenvalue weighted by atomic mass is 10.1. The first-order valence-corrected chi connectivity index (χ1v) is 8.06. The fourth-order valence-electron chi connectivity index (χ4n) is 2.68. The normalized spacial score (nSPS) is 18.1. The van der Waals surface area contributed by atoms with E-state index in [-0.39, 0.29) is 0 Å². The summed E-state index contributed by atoms with van der Waals surface area (Å²) in [6.45, 7) is 11.0. The van der Waals surface area contributed by atoms with Gasteiger partial charge in [0.25, 0.3) is 0 Å². The minimum atomic E-state index is -0.843. The molecular weight excluding hydrogens is 288 g/mol. The van der Waals surface area contributed by atoms with Gasteiger partial charge in [-0.2, -0.15) is 0 Å². The summed E-state index contributed by atoms with van der Waals surface area (Å²) in [6.07, 6.45) is 0. The van der Waals surface area contributed by atoms with Gasteiger partial charge in [-0.3, -0.25) is 9.80 Å². The van der Waals surface area contributed by atoms with E-state index in [1.165, 1.54) is 11.3 Å². The van der Waals surface area contributed by atoms with Gasteiger partial charge in [0.1, 0.15) is 4.88 Å². The molecule has 1 saturated heterocycles. The molecule has 0 spiro atoms. The zero-order chi connectivity index (χ0) is 15.6. The average Bonchev–Trinajstić information content (AvgIpc) is 2.72. The maximum Gasteiger partial charge on any atom is 0.345 e. The number of hydrogen-bond acceptors (Lipinski definition) is 5. The van der Waals surface area contributed by atoms with Crippen LogP contribution in [0.2, 0.25) is 0 Å². The first kappa shape index (κ1) is 16.4. The molecule has 5 nitrogen and oxygen atoms in total. The highest BCUT2D eigenvalue weighted by atomic mass is 32.1. The van der Waals surface area contributed by atoms with Gasteiger partial charge in [-0.15, -0.1) is 11.3 Å². The summed E-state index contributed by atoms with van der Waals surface area (Å²) >= 11 is 1.35. The van der Waals surface area contributed by atoms with Gasteiger partial charge in [0, 0.05) is 44.1 Å². The Morgan fingerprint density at radius 1 is 1.29 bits per heavy atom. The molecule has 6 heteroatoms. The number of aryl methyl sites for hydroxylation is 1. The molecule has 0 aliphatic carbocycles. The number of nitrogens with zero attached hydrogens (tertiary/aromatic N) is 2. The van der Waals surface area contributed by atoms with Crippen LogP contribution in [-0.4, -0.2) is 64.3 Å². The average molecular weight is 312 g/mol. The molecule has 1 aromatic heterocycles. The van der Waals surface area contributed by atoms with Gasteiger partial charge in [0.2, 0.25) is 0 Å². The molecule has 2 N–H and O–H groups in total. The van der Waals surface area contributed by atoms with Crippen molar-refractivity contribution in [2.45, 2.75) is 32.9 Å². The molecule has 1 fully saturated rings. The van der Waals surface area contributed by atoms with Crippen molar-refractivity contribution in [1.82, 2.24) is 9.80 Å². The third-order valence-corrected chi connectivity index (χ3v) is 4.78. The molecule has 0 saturated carbocycles.